The molecule has 1 nitrogen and oxygen atoms in total. The molecule has 0 spiro atoms. The first kappa shape index (κ1) is 12.4. The molecule has 0 rings (SSSR count). The van der Waals surface area contributed by atoms with Crippen molar-refractivity contribution in [2.45, 2.75) is 44.0 Å². The number of allylic oxidation sites excluding steroid dienone is 1. The first-order valence-electron chi connectivity index (χ1n) is 4.64. The van der Waals surface area contributed by atoms with Crippen molar-refractivity contribution in [1.29, 1.82) is 0 Å². The van der Waals surface area contributed by atoms with Crippen LogP contribution in [0.4, 0.5) is 0 Å². The van der Waals surface area contributed by atoms with Crippen LogP contribution in [0, 0.1) is 0 Å². The van der Waals surface area contributed by atoms with Crippen molar-refractivity contribution in [2.24, 2.45) is 0 Å². The van der Waals surface area contributed by atoms with Crippen LogP contribution in [-0.2, 0) is 4.43 Å². The van der Waals surface area contributed by atoms with Gasteiger partial charge in [-0.25, -0.2) is 0 Å². The summed E-state index contributed by atoms with van der Waals surface area (Å²) < 4.78 is 5.79. The molecule has 0 saturated heterocycles. The Morgan fingerprint density at radius 1 is 1.33 bits per heavy atom. The Labute approximate surface area is 86.9 Å². The van der Waals surface area contributed by atoms with Crippen LogP contribution in [0.1, 0.15) is 20.8 Å². The maximum absolute atomic E-state index is 5.79. The summed E-state index contributed by atoms with van der Waals surface area (Å²) in [5.74, 6) is 0. The molecule has 0 atom stereocenters. The third-order valence-electron chi connectivity index (χ3n) is 2.50. The molecular formula is C9H19LiOSi. The van der Waals surface area contributed by atoms with Gasteiger partial charge in [-0.2, -0.15) is 0 Å². The Hall–Kier alpha value is 0.354. The zero-order valence-corrected chi connectivity index (χ0v) is 10.3. The van der Waals surface area contributed by atoms with Gasteiger partial charge in [0.15, 0.2) is 0 Å². The van der Waals surface area contributed by atoms with Gasteiger partial charge in [0.2, 0.25) is 0 Å². The number of hydrogen-bond donors (Lipinski definition) is 0. The molecule has 0 aromatic heterocycles. The summed E-state index contributed by atoms with van der Waals surface area (Å²) in [4.78, 5) is 0. The van der Waals surface area contributed by atoms with Crippen LogP contribution in [0.5, 0.6) is 0 Å². The van der Waals surface area contributed by atoms with Gasteiger partial charge in [-0.15, -0.1) is 0 Å². The summed E-state index contributed by atoms with van der Waals surface area (Å²) in [6.07, 6.45) is 3.94. The van der Waals surface area contributed by atoms with E-state index in [0.29, 0.717) is 5.04 Å². The molecule has 0 aliphatic rings. The van der Waals surface area contributed by atoms with E-state index < -0.39 is 8.32 Å². The summed E-state index contributed by atoms with van der Waals surface area (Å²) in [5, 5.41) is 1.36. The summed E-state index contributed by atoms with van der Waals surface area (Å²) >= 11 is 2.12. The topological polar surface area (TPSA) is 9.23 Å². The van der Waals surface area contributed by atoms with E-state index in [1.54, 1.807) is 0 Å². The Kier molecular flexibility index (Phi) is 4.69. The average Bonchev–Trinajstić information content (AvgIpc) is 1.85. The van der Waals surface area contributed by atoms with E-state index in [9.17, 15) is 0 Å². The normalized spacial score (nSPS) is 13.9. The molecule has 66 valence electrons. The zero-order valence-electron chi connectivity index (χ0n) is 9.27. The van der Waals surface area contributed by atoms with E-state index in [-0.39, 0.29) is 0 Å². The Morgan fingerprint density at radius 2 is 1.83 bits per heavy atom. The Bertz CT molecular complexity index is 158. The van der Waals surface area contributed by atoms with E-state index >= 15 is 0 Å². The first-order chi connectivity index (χ1) is 5.31. The van der Waals surface area contributed by atoms with Gasteiger partial charge in [0.25, 0.3) is 0 Å². The van der Waals surface area contributed by atoms with Gasteiger partial charge in [0.1, 0.15) is 0 Å². The first-order valence-corrected chi connectivity index (χ1v) is 7.55. The van der Waals surface area contributed by atoms with Crippen molar-refractivity contribution in [1.82, 2.24) is 0 Å². The van der Waals surface area contributed by atoms with Crippen LogP contribution >= 0.6 is 0 Å². The fourth-order valence-corrected chi connectivity index (χ4v) is 1.28. The molecule has 12 heavy (non-hydrogen) atoms. The van der Waals surface area contributed by atoms with E-state index in [1.165, 1.54) is 0 Å². The third-order valence-corrected chi connectivity index (χ3v) is 6.84. The van der Waals surface area contributed by atoms with E-state index in [4.69, 9.17) is 4.43 Å². The predicted molar refractivity (Wildman–Crippen MR) is 58.0 cm³/mol. The molecule has 0 aliphatic heterocycles. The fraction of sp³-hybridized carbons (Fsp3) is 0.778. The molecular weight excluding hydrogens is 159 g/mol. The molecule has 0 aromatic carbocycles. The molecule has 0 bridgehead atoms. The van der Waals surface area contributed by atoms with Crippen LogP contribution < -0.4 is 0 Å². The number of rotatable bonds is 3. The van der Waals surface area contributed by atoms with Crippen LogP contribution in [0.2, 0.25) is 23.2 Å². The van der Waals surface area contributed by atoms with Crippen molar-refractivity contribution >= 4 is 26.0 Å². The van der Waals surface area contributed by atoms with Crippen LogP contribution in [0.25, 0.3) is 0 Å². The zero-order chi connectivity index (χ0) is 9.83. The van der Waals surface area contributed by atoms with Crippen LogP contribution in [0.3, 0.4) is 0 Å². The maximum atomic E-state index is 5.79. The molecule has 3 heteroatoms. The fourth-order valence-electron chi connectivity index (χ4n) is 0.491. The third kappa shape index (κ3) is 3.84. The molecule has 0 heterocycles. The summed E-state index contributed by atoms with van der Waals surface area (Å²) in [5.41, 5.74) is 0. The summed E-state index contributed by atoms with van der Waals surface area (Å²) in [6.45, 7) is 11.3. The minimum atomic E-state index is -1.53. The van der Waals surface area contributed by atoms with Crippen molar-refractivity contribution in [3.63, 3.8) is 0 Å². The molecule has 0 fully saturated rings. The Morgan fingerprint density at radius 3 is 2.17 bits per heavy atom. The minimum absolute atomic E-state index is 0.311. The SMILES string of the molecule is [Li][CH2]C=CO[Si](C)(C)C(C)(C)C. The average molecular weight is 178 g/mol. The Balaban J connectivity index is 4.14. The van der Waals surface area contributed by atoms with Gasteiger partial charge < -0.3 is 0 Å². The number of hydrogen-bond acceptors (Lipinski definition) is 1. The van der Waals surface area contributed by atoms with Crippen molar-refractivity contribution in [3.05, 3.63) is 12.3 Å². The molecule has 0 aromatic rings. The summed E-state index contributed by atoms with van der Waals surface area (Å²) in [7, 11) is -1.53. The van der Waals surface area contributed by atoms with Gasteiger partial charge in [-0.05, 0) is 0 Å². The van der Waals surface area contributed by atoms with Crippen molar-refractivity contribution in [3.8, 4) is 0 Å². The van der Waals surface area contributed by atoms with Gasteiger partial charge in [-0.1, -0.05) is 0 Å². The molecule has 0 N–H and O–H groups in total. The predicted octanol–water partition coefficient (Wildman–Crippen LogP) is 3.11. The monoisotopic (exact) mass is 178 g/mol. The van der Waals surface area contributed by atoms with E-state index in [2.05, 4.69) is 57.7 Å². The molecule has 0 aliphatic carbocycles. The molecule has 0 unspecified atom stereocenters. The summed E-state index contributed by atoms with van der Waals surface area (Å²) in [6, 6.07) is 0. The van der Waals surface area contributed by atoms with Crippen LogP contribution in [-0.4, -0.2) is 26.0 Å². The van der Waals surface area contributed by atoms with E-state index in [0.717, 1.165) is 5.09 Å². The molecule has 0 amide bonds. The van der Waals surface area contributed by atoms with Crippen molar-refractivity contribution < 1.29 is 4.43 Å². The van der Waals surface area contributed by atoms with Gasteiger partial charge in [-0.3, -0.25) is 0 Å². The second-order valence-electron chi connectivity index (χ2n) is 4.66. The van der Waals surface area contributed by atoms with Gasteiger partial charge in [0, 0.05) is 0 Å². The molecule has 0 radical (unpaired) electrons. The van der Waals surface area contributed by atoms with E-state index in [1.807, 2.05) is 6.26 Å². The standard InChI is InChI=1S/C9H19OSi.Li/c1-7-8-10-11(5,6)9(2,3)4;/h7-8H,1H2,2-6H3;. The van der Waals surface area contributed by atoms with Crippen LogP contribution in [0.15, 0.2) is 12.3 Å². The second kappa shape index (κ2) is 4.55. The second-order valence-corrected chi connectivity index (χ2v) is 9.41. The quantitative estimate of drug-likeness (QED) is 0.476. The van der Waals surface area contributed by atoms with Gasteiger partial charge >= 0.3 is 86.8 Å². The van der Waals surface area contributed by atoms with Crippen molar-refractivity contribution in [2.75, 3.05) is 0 Å². The molecule has 0 saturated carbocycles. The van der Waals surface area contributed by atoms with Gasteiger partial charge in [0.05, 0.1) is 0 Å².